The molecule has 1 aliphatic carbocycles. The van der Waals surface area contributed by atoms with Crippen molar-refractivity contribution in [3.05, 3.63) is 53.2 Å². The first-order valence-corrected chi connectivity index (χ1v) is 11.2. The van der Waals surface area contributed by atoms with Gasteiger partial charge in [-0.1, -0.05) is 6.07 Å². The van der Waals surface area contributed by atoms with E-state index in [0.717, 1.165) is 31.0 Å². The fraction of sp³-hybridized carbons (Fsp3) is 0.458. The number of carbonyl (C=O) groups excluding carboxylic acids is 2. The molecule has 0 bridgehead atoms. The molecule has 3 aliphatic rings. The molecular formula is C24H28N4O3. The Balaban J connectivity index is 1.20. The van der Waals surface area contributed by atoms with Crippen molar-refractivity contribution in [1.82, 2.24) is 9.88 Å². The smallest absolute Gasteiger partial charge is 0.414 e. The number of piperazine rings is 1. The quantitative estimate of drug-likeness (QED) is 0.757. The molecule has 1 aromatic carbocycles. The number of hydrogen-bond acceptors (Lipinski definition) is 5. The number of rotatable bonds is 4. The molecule has 162 valence electrons. The van der Waals surface area contributed by atoms with Crippen LogP contribution >= 0.6 is 0 Å². The lowest BCUT2D eigenvalue weighted by molar-refractivity contribution is 0.0746. The molecule has 0 radical (unpaired) electrons. The van der Waals surface area contributed by atoms with Gasteiger partial charge in [-0.05, 0) is 67.5 Å². The molecule has 7 heteroatoms. The number of aromatic nitrogens is 1. The van der Waals surface area contributed by atoms with E-state index >= 15 is 0 Å². The number of carbonyl (C=O) groups is 2. The molecule has 7 nitrogen and oxygen atoms in total. The fourth-order valence-corrected chi connectivity index (χ4v) is 4.43. The van der Waals surface area contributed by atoms with Gasteiger partial charge in [0.1, 0.15) is 5.82 Å². The van der Waals surface area contributed by atoms with Crippen LogP contribution in [0, 0.1) is 6.92 Å². The van der Waals surface area contributed by atoms with Crippen LogP contribution in [0.25, 0.3) is 0 Å². The Hall–Kier alpha value is -3.09. The van der Waals surface area contributed by atoms with Gasteiger partial charge in [-0.2, -0.15) is 0 Å². The molecule has 1 saturated carbocycles. The van der Waals surface area contributed by atoms with Gasteiger partial charge >= 0.3 is 6.09 Å². The Morgan fingerprint density at radius 3 is 2.45 bits per heavy atom. The summed E-state index contributed by atoms with van der Waals surface area (Å²) in [7, 11) is 0. The summed E-state index contributed by atoms with van der Waals surface area (Å²) in [5, 5.41) is 0. The normalized spacial score (nSPS) is 19.4. The average Bonchev–Trinajstić information content (AvgIpc) is 3.65. The van der Waals surface area contributed by atoms with Crippen LogP contribution in [-0.2, 0) is 4.74 Å². The number of hydrogen-bond donors (Lipinski definition) is 0. The van der Waals surface area contributed by atoms with E-state index < -0.39 is 0 Å². The van der Waals surface area contributed by atoms with Gasteiger partial charge in [0.2, 0.25) is 0 Å². The van der Waals surface area contributed by atoms with E-state index in [9.17, 15) is 9.59 Å². The fourth-order valence-electron chi connectivity index (χ4n) is 4.43. The molecule has 0 spiro atoms. The Kier molecular flexibility index (Phi) is 5.26. The molecule has 0 unspecified atom stereocenters. The summed E-state index contributed by atoms with van der Waals surface area (Å²) in [6, 6.07) is 9.52. The van der Waals surface area contributed by atoms with Gasteiger partial charge in [-0.25, -0.2) is 9.78 Å². The van der Waals surface area contributed by atoms with E-state index in [1.807, 2.05) is 23.2 Å². The van der Waals surface area contributed by atoms with Crippen molar-refractivity contribution in [1.29, 1.82) is 0 Å². The monoisotopic (exact) mass is 420 g/mol. The maximum atomic E-state index is 13.0. The predicted molar refractivity (Wildman–Crippen MR) is 119 cm³/mol. The molecule has 3 fully saturated rings. The van der Waals surface area contributed by atoms with Gasteiger partial charge in [0, 0.05) is 50.2 Å². The number of benzene rings is 1. The Labute approximate surface area is 182 Å². The molecule has 0 atom stereocenters. The van der Waals surface area contributed by atoms with E-state index in [0.29, 0.717) is 37.7 Å². The van der Waals surface area contributed by atoms with Gasteiger partial charge in [-0.15, -0.1) is 0 Å². The molecule has 2 aromatic rings. The van der Waals surface area contributed by atoms with Gasteiger partial charge < -0.3 is 14.5 Å². The summed E-state index contributed by atoms with van der Waals surface area (Å²) >= 11 is 0. The first-order chi connectivity index (χ1) is 15.1. The molecule has 0 N–H and O–H groups in total. The number of amides is 2. The first kappa shape index (κ1) is 19.8. The van der Waals surface area contributed by atoms with Crippen LogP contribution in [0.1, 0.15) is 46.7 Å². The Bertz CT molecular complexity index is 979. The number of cyclic esters (lactones) is 1. The number of pyridine rings is 1. The van der Waals surface area contributed by atoms with Gasteiger partial charge in [0.05, 0.1) is 6.61 Å². The molecular weight excluding hydrogens is 392 g/mol. The van der Waals surface area contributed by atoms with Gasteiger partial charge in [-0.3, -0.25) is 9.69 Å². The highest BCUT2D eigenvalue weighted by Crippen LogP contribution is 2.40. The van der Waals surface area contributed by atoms with E-state index in [4.69, 9.17) is 9.72 Å². The zero-order valence-corrected chi connectivity index (χ0v) is 17.9. The summed E-state index contributed by atoms with van der Waals surface area (Å²) in [6.07, 6.45) is 5.08. The van der Waals surface area contributed by atoms with Crippen molar-refractivity contribution >= 4 is 23.5 Å². The van der Waals surface area contributed by atoms with Crippen molar-refractivity contribution in [3.8, 4) is 0 Å². The molecule has 2 amide bonds. The Morgan fingerprint density at radius 1 is 1.06 bits per heavy atom. The summed E-state index contributed by atoms with van der Waals surface area (Å²) in [5.41, 5.74) is 3.99. The minimum Gasteiger partial charge on any atom is -0.449 e. The highest BCUT2D eigenvalue weighted by atomic mass is 16.6. The molecule has 3 heterocycles. The lowest BCUT2D eigenvalue weighted by atomic mass is 10.1. The van der Waals surface area contributed by atoms with Crippen molar-refractivity contribution in [2.24, 2.45) is 0 Å². The molecule has 5 rings (SSSR count). The van der Waals surface area contributed by atoms with Crippen LogP contribution < -0.4 is 9.80 Å². The van der Waals surface area contributed by atoms with Gasteiger partial charge in [0.15, 0.2) is 0 Å². The van der Waals surface area contributed by atoms with E-state index in [-0.39, 0.29) is 12.0 Å². The number of aryl methyl sites for hydroxylation is 1. The van der Waals surface area contributed by atoms with E-state index in [1.54, 1.807) is 17.0 Å². The van der Waals surface area contributed by atoms with Crippen molar-refractivity contribution in [2.75, 3.05) is 49.1 Å². The van der Waals surface area contributed by atoms with Crippen LogP contribution in [0.15, 0.2) is 36.5 Å². The largest absolute Gasteiger partial charge is 0.449 e. The second-order valence-electron chi connectivity index (χ2n) is 8.63. The SMILES string of the molecule is Cc1cc(C2CC2)cnc1N1CCN(C(=O)c2ccc(N3CCCOC3=O)cc2)CC1. The summed E-state index contributed by atoms with van der Waals surface area (Å²) in [5.74, 6) is 1.78. The summed E-state index contributed by atoms with van der Waals surface area (Å²) in [6.45, 7) is 6.14. The second kappa shape index (κ2) is 8.21. The third-order valence-corrected chi connectivity index (χ3v) is 6.38. The standard InChI is InChI=1S/C24H28N4O3/c1-17-15-20(18-3-4-18)16-25-22(17)26-10-12-27(13-11-26)23(29)19-5-7-21(8-6-19)28-9-2-14-31-24(28)30/h5-8,15-16,18H,2-4,9-14H2,1H3. The first-order valence-electron chi connectivity index (χ1n) is 11.2. The molecule has 2 aliphatic heterocycles. The van der Waals surface area contributed by atoms with Crippen LogP contribution in [0.2, 0.25) is 0 Å². The average molecular weight is 421 g/mol. The molecule has 31 heavy (non-hydrogen) atoms. The van der Waals surface area contributed by atoms with Crippen LogP contribution in [0.3, 0.4) is 0 Å². The summed E-state index contributed by atoms with van der Waals surface area (Å²) in [4.78, 5) is 35.4. The van der Waals surface area contributed by atoms with Crippen LogP contribution in [0.5, 0.6) is 0 Å². The summed E-state index contributed by atoms with van der Waals surface area (Å²) < 4.78 is 5.10. The lowest BCUT2D eigenvalue weighted by Gasteiger charge is -2.36. The molecule has 2 saturated heterocycles. The number of ether oxygens (including phenoxy) is 1. The topological polar surface area (TPSA) is 66.0 Å². The number of nitrogens with zero attached hydrogens (tertiary/aromatic N) is 4. The second-order valence-corrected chi connectivity index (χ2v) is 8.63. The highest BCUT2D eigenvalue weighted by Gasteiger charge is 2.27. The van der Waals surface area contributed by atoms with Crippen LogP contribution in [0.4, 0.5) is 16.3 Å². The minimum atomic E-state index is -0.324. The predicted octanol–water partition coefficient (Wildman–Crippen LogP) is 3.58. The van der Waals surface area contributed by atoms with Crippen molar-refractivity contribution in [2.45, 2.75) is 32.1 Å². The maximum absolute atomic E-state index is 13.0. The van der Waals surface area contributed by atoms with E-state index in [2.05, 4.69) is 17.9 Å². The zero-order valence-electron chi connectivity index (χ0n) is 17.9. The third-order valence-electron chi connectivity index (χ3n) is 6.38. The van der Waals surface area contributed by atoms with Crippen molar-refractivity contribution < 1.29 is 14.3 Å². The van der Waals surface area contributed by atoms with E-state index in [1.165, 1.54) is 24.0 Å². The third kappa shape index (κ3) is 4.09. The highest BCUT2D eigenvalue weighted by molar-refractivity contribution is 5.95. The minimum absolute atomic E-state index is 0.0289. The molecule has 1 aromatic heterocycles. The van der Waals surface area contributed by atoms with Crippen molar-refractivity contribution in [3.63, 3.8) is 0 Å². The Morgan fingerprint density at radius 2 is 1.81 bits per heavy atom. The zero-order chi connectivity index (χ0) is 21.4. The number of anilines is 2. The lowest BCUT2D eigenvalue weighted by Crippen LogP contribution is -2.49. The van der Waals surface area contributed by atoms with Gasteiger partial charge in [0.25, 0.3) is 5.91 Å². The van der Waals surface area contributed by atoms with Crippen LogP contribution in [-0.4, -0.2) is 61.2 Å². The maximum Gasteiger partial charge on any atom is 0.414 e.